The molecule has 1 atom stereocenters. The molecule has 98 valence electrons. The van der Waals surface area contributed by atoms with Gasteiger partial charge >= 0.3 is 0 Å². The van der Waals surface area contributed by atoms with E-state index in [0.29, 0.717) is 5.56 Å². The lowest BCUT2D eigenvalue weighted by molar-refractivity contribution is 0.114. The highest BCUT2D eigenvalue weighted by Gasteiger charge is 2.20. The van der Waals surface area contributed by atoms with Gasteiger partial charge in [-0.2, -0.15) is 10.5 Å². The molecule has 1 fully saturated rings. The van der Waals surface area contributed by atoms with E-state index in [1.54, 1.807) is 0 Å². The quantitative estimate of drug-likeness (QED) is 0.822. The van der Waals surface area contributed by atoms with Crippen LogP contribution in [0, 0.1) is 22.7 Å². The number of nitrogens with zero attached hydrogens (tertiary/aromatic N) is 4. The van der Waals surface area contributed by atoms with E-state index >= 15 is 0 Å². The topological polar surface area (TPSA) is 54.1 Å². The van der Waals surface area contributed by atoms with Gasteiger partial charge in [0.1, 0.15) is 0 Å². The highest BCUT2D eigenvalue weighted by molar-refractivity contribution is 5.31. The number of rotatable bonds is 3. The summed E-state index contributed by atoms with van der Waals surface area (Å²) in [4.78, 5) is 4.61. The molecule has 1 unspecified atom stereocenters. The third-order valence-corrected chi connectivity index (χ3v) is 3.63. The first-order valence-corrected chi connectivity index (χ1v) is 6.58. The predicted molar refractivity (Wildman–Crippen MR) is 73.1 cm³/mol. The van der Waals surface area contributed by atoms with Crippen molar-refractivity contribution in [1.29, 1.82) is 10.5 Å². The van der Waals surface area contributed by atoms with Gasteiger partial charge in [0.15, 0.2) is 0 Å². The van der Waals surface area contributed by atoms with E-state index in [2.05, 4.69) is 21.9 Å². The standard InChI is InChI=1S/C15H18N4/c1-13(10-16)19-8-6-18(7-9-19)12-15-4-2-14(11-17)3-5-15/h2-5,13H,6-9,12H2,1H3. The van der Waals surface area contributed by atoms with Crippen LogP contribution in [0.5, 0.6) is 0 Å². The van der Waals surface area contributed by atoms with Crippen LogP contribution in [0.4, 0.5) is 0 Å². The summed E-state index contributed by atoms with van der Waals surface area (Å²) in [6.45, 7) is 6.75. The van der Waals surface area contributed by atoms with E-state index in [-0.39, 0.29) is 6.04 Å². The van der Waals surface area contributed by atoms with Crippen molar-refractivity contribution in [1.82, 2.24) is 9.80 Å². The Labute approximate surface area is 114 Å². The van der Waals surface area contributed by atoms with Gasteiger partial charge in [-0.3, -0.25) is 9.80 Å². The molecule has 0 amide bonds. The average Bonchev–Trinajstić information content (AvgIpc) is 2.48. The Hall–Kier alpha value is -1.88. The van der Waals surface area contributed by atoms with Crippen molar-refractivity contribution in [2.75, 3.05) is 26.2 Å². The molecule has 4 nitrogen and oxygen atoms in total. The van der Waals surface area contributed by atoms with Crippen molar-refractivity contribution in [2.45, 2.75) is 19.5 Å². The summed E-state index contributed by atoms with van der Waals surface area (Å²) < 4.78 is 0. The Balaban J connectivity index is 1.85. The SMILES string of the molecule is CC(C#N)N1CCN(Cc2ccc(C#N)cc2)CC1. The zero-order chi connectivity index (χ0) is 13.7. The zero-order valence-electron chi connectivity index (χ0n) is 11.2. The number of benzene rings is 1. The molecule has 1 heterocycles. The van der Waals surface area contributed by atoms with E-state index in [9.17, 15) is 0 Å². The van der Waals surface area contributed by atoms with Crippen molar-refractivity contribution < 1.29 is 0 Å². The molecule has 1 aromatic carbocycles. The second-order valence-corrected chi connectivity index (χ2v) is 4.93. The van der Waals surface area contributed by atoms with Gasteiger partial charge in [0, 0.05) is 32.7 Å². The minimum Gasteiger partial charge on any atom is -0.297 e. The minimum atomic E-state index is 0.0112. The number of nitriles is 2. The summed E-state index contributed by atoms with van der Waals surface area (Å²) in [6, 6.07) is 12.2. The summed E-state index contributed by atoms with van der Waals surface area (Å²) in [5, 5.41) is 17.7. The van der Waals surface area contributed by atoms with Crippen LogP contribution < -0.4 is 0 Å². The van der Waals surface area contributed by atoms with Crippen LogP contribution in [-0.4, -0.2) is 42.0 Å². The number of piperazine rings is 1. The molecule has 1 aliphatic heterocycles. The summed E-state index contributed by atoms with van der Waals surface area (Å²) in [5.41, 5.74) is 1.94. The molecular formula is C15H18N4. The van der Waals surface area contributed by atoms with Gasteiger partial charge in [-0.15, -0.1) is 0 Å². The molecular weight excluding hydrogens is 236 g/mol. The third-order valence-electron chi connectivity index (χ3n) is 3.63. The second kappa shape index (κ2) is 6.33. The fraction of sp³-hybridized carbons (Fsp3) is 0.467. The van der Waals surface area contributed by atoms with Gasteiger partial charge in [0.05, 0.1) is 23.7 Å². The van der Waals surface area contributed by atoms with Crippen LogP contribution in [0.2, 0.25) is 0 Å². The molecule has 0 bridgehead atoms. The fourth-order valence-electron chi connectivity index (χ4n) is 2.33. The van der Waals surface area contributed by atoms with E-state index in [0.717, 1.165) is 32.7 Å². The molecule has 0 saturated carbocycles. The minimum absolute atomic E-state index is 0.0112. The first-order valence-electron chi connectivity index (χ1n) is 6.58. The monoisotopic (exact) mass is 254 g/mol. The first kappa shape index (κ1) is 13.5. The van der Waals surface area contributed by atoms with Crippen molar-refractivity contribution in [3.8, 4) is 12.1 Å². The van der Waals surface area contributed by atoms with Crippen molar-refractivity contribution in [3.05, 3.63) is 35.4 Å². The molecule has 1 aliphatic rings. The van der Waals surface area contributed by atoms with Gasteiger partial charge < -0.3 is 0 Å². The fourth-order valence-corrected chi connectivity index (χ4v) is 2.33. The normalized spacial score (nSPS) is 18.5. The molecule has 19 heavy (non-hydrogen) atoms. The van der Waals surface area contributed by atoms with Crippen LogP contribution in [0.15, 0.2) is 24.3 Å². The summed E-state index contributed by atoms with van der Waals surface area (Å²) >= 11 is 0. The maximum atomic E-state index is 8.91. The maximum absolute atomic E-state index is 8.91. The molecule has 0 N–H and O–H groups in total. The van der Waals surface area contributed by atoms with E-state index < -0.39 is 0 Å². The van der Waals surface area contributed by atoms with Crippen LogP contribution >= 0.6 is 0 Å². The predicted octanol–water partition coefficient (Wildman–Crippen LogP) is 1.59. The summed E-state index contributed by atoms with van der Waals surface area (Å²) in [6.07, 6.45) is 0. The highest BCUT2D eigenvalue weighted by Crippen LogP contribution is 2.11. The van der Waals surface area contributed by atoms with Gasteiger partial charge in [-0.05, 0) is 24.6 Å². The Kier molecular flexibility index (Phi) is 4.52. The van der Waals surface area contributed by atoms with Gasteiger partial charge in [0.2, 0.25) is 0 Å². The molecule has 4 heteroatoms. The van der Waals surface area contributed by atoms with Crippen molar-refractivity contribution in [2.24, 2.45) is 0 Å². The molecule has 1 aromatic rings. The van der Waals surface area contributed by atoms with E-state index in [4.69, 9.17) is 10.5 Å². The Bertz CT molecular complexity index is 486. The molecule has 1 saturated heterocycles. The maximum Gasteiger partial charge on any atom is 0.0991 e. The first-order chi connectivity index (χ1) is 9.22. The van der Waals surface area contributed by atoms with Gasteiger partial charge in [-0.1, -0.05) is 12.1 Å². The Morgan fingerprint density at radius 3 is 2.26 bits per heavy atom. The van der Waals surface area contributed by atoms with E-state index in [1.807, 2.05) is 31.2 Å². The lowest BCUT2D eigenvalue weighted by Gasteiger charge is -2.35. The molecule has 0 radical (unpaired) electrons. The summed E-state index contributed by atoms with van der Waals surface area (Å²) in [7, 11) is 0. The number of hydrogen-bond acceptors (Lipinski definition) is 4. The van der Waals surface area contributed by atoms with Crippen molar-refractivity contribution in [3.63, 3.8) is 0 Å². The third kappa shape index (κ3) is 3.54. The van der Waals surface area contributed by atoms with Gasteiger partial charge in [-0.25, -0.2) is 0 Å². The second-order valence-electron chi connectivity index (χ2n) is 4.93. The summed E-state index contributed by atoms with van der Waals surface area (Å²) in [5.74, 6) is 0. The largest absolute Gasteiger partial charge is 0.297 e. The zero-order valence-corrected chi connectivity index (χ0v) is 11.2. The molecule has 2 rings (SSSR count). The van der Waals surface area contributed by atoms with Crippen LogP contribution in [0.1, 0.15) is 18.1 Å². The van der Waals surface area contributed by atoms with Gasteiger partial charge in [0.25, 0.3) is 0 Å². The smallest absolute Gasteiger partial charge is 0.0991 e. The molecule has 0 spiro atoms. The lowest BCUT2D eigenvalue weighted by atomic mass is 10.1. The van der Waals surface area contributed by atoms with Crippen molar-refractivity contribution >= 4 is 0 Å². The van der Waals surface area contributed by atoms with Crippen LogP contribution in [0.25, 0.3) is 0 Å². The molecule has 0 aromatic heterocycles. The highest BCUT2D eigenvalue weighted by atomic mass is 15.3. The average molecular weight is 254 g/mol. The van der Waals surface area contributed by atoms with Crippen LogP contribution in [0.3, 0.4) is 0 Å². The van der Waals surface area contributed by atoms with E-state index in [1.165, 1.54) is 5.56 Å². The number of hydrogen-bond donors (Lipinski definition) is 0. The van der Waals surface area contributed by atoms with Crippen LogP contribution in [-0.2, 0) is 6.54 Å². The Morgan fingerprint density at radius 1 is 1.11 bits per heavy atom. The molecule has 0 aliphatic carbocycles. The Morgan fingerprint density at radius 2 is 1.74 bits per heavy atom. The lowest BCUT2D eigenvalue weighted by Crippen LogP contribution is -2.48.